The maximum atomic E-state index is 5.79. The predicted molar refractivity (Wildman–Crippen MR) is 56.2 cm³/mol. The van der Waals surface area contributed by atoms with E-state index in [0.29, 0.717) is 18.6 Å². The van der Waals surface area contributed by atoms with Crippen molar-refractivity contribution in [3.8, 4) is 0 Å². The molecule has 0 radical (unpaired) electrons. The molecule has 1 aromatic heterocycles. The first-order valence-electron chi connectivity index (χ1n) is 5.53. The molecule has 4 heteroatoms. The quantitative estimate of drug-likeness (QED) is 0.820. The molecule has 1 aliphatic carbocycles. The SMILES string of the molecule is Cc1cc(COC2CCCC2CN)on1. The molecule has 0 saturated heterocycles. The highest BCUT2D eigenvalue weighted by molar-refractivity contribution is 5.01. The molecule has 2 N–H and O–H groups in total. The summed E-state index contributed by atoms with van der Waals surface area (Å²) < 4.78 is 10.9. The van der Waals surface area contributed by atoms with Crippen molar-refractivity contribution in [3.05, 3.63) is 17.5 Å². The largest absolute Gasteiger partial charge is 0.370 e. The molecule has 15 heavy (non-hydrogen) atoms. The van der Waals surface area contributed by atoms with Gasteiger partial charge in [0.2, 0.25) is 0 Å². The van der Waals surface area contributed by atoms with Gasteiger partial charge in [0.1, 0.15) is 6.61 Å². The van der Waals surface area contributed by atoms with Crippen molar-refractivity contribution in [3.63, 3.8) is 0 Å². The Hall–Kier alpha value is -0.870. The number of aromatic nitrogens is 1. The van der Waals surface area contributed by atoms with Crippen LogP contribution < -0.4 is 5.73 Å². The second-order valence-corrected chi connectivity index (χ2v) is 4.21. The first-order valence-corrected chi connectivity index (χ1v) is 5.53. The van der Waals surface area contributed by atoms with Crippen molar-refractivity contribution in [1.29, 1.82) is 0 Å². The number of hydrogen-bond donors (Lipinski definition) is 1. The average Bonchev–Trinajstić information content (AvgIpc) is 2.83. The Kier molecular flexibility index (Phi) is 3.38. The highest BCUT2D eigenvalue weighted by Crippen LogP contribution is 2.28. The van der Waals surface area contributed by atoms with Crippen LogP contribution in [0.3, 0.4) is 0 Å². The first kappa shape index (κ1) is 10.6. The summed E-state index contributed by atoms with van der Waals surface area (Å²) in [5.74, 6) is 1.32. The number of nitrogens with two attached hydrogens (primary N) is 1. The van der Waals surface area contributed by atoms with Crippen molar-refractivity contribution in [2.45, 2.75) is 38.9 Å². The molecule has 0 spiro atoms. The van der Waals surface area contributed by atoms with E-state index in [1.807, 2.05) is 13.0 Å². The van der Waals surface area contributed by atoms with E-state index >= 15 is 0 Å². The summed E-state index contributed by atoms with van der Waals surface area (Å²) in [6.07, 6.45) is 3.84. The Bertz CT molecular complexity index is 311. The smallest absolute Gasteiger partial charge is 0.162 e. The molecular formula is C11H18N2O2. The fourth-order valence-electron chi connectivity index (χ4n) is 2.17. The average molecular weight is 210 g/mol. The summed E-state index contributed by atoms with van der Waals surface area (Å²) in [5.41, 5.74) is 6.58. The Morgan fingerprint density at radius 3 is 3.13 bits per heavy atom. The van der Waals surface area contributed by atoms with Crippen LogP contribution in [0, 0.1) is 12.8 Å². The second kappa shape index (κ2) is 4.77. The van der Waals surface area contributed by atoms with Gasteiger partial charge in [0.15, 0.2) is 5.76 Å². The van der Waals surface area contributed by atoms with Crippen molar-refractivity contribution < 1.29 is 9.26 Å². The van der Waals surface area contributed by atoms with Crippen molar-refractivity contribution in [1.82, 2.24) is 5.16 Å². The maximum Gasteiger partial charge on any atom is 0.162 e. The first-order chi connectivity index (χ1) is 7.29. The van der Waals surface area contributed by atoms with Crippen molar-refractivity contribution in [2.75, 3.05) is 6.54 Å². The fourth-order valence-corrected chi connectivity index (χ4v) is 2.17. The molecule has 2 unspecified atom stereocenters. The van der Waals surface area contributed by atoms with Crippen LogP contribution in [0.4, 0.5) is 0 Å². The lowest BCUT2D eigenvalue weighted by Gasteiger charge is -2.17. The summed E-state index contributed by atoms with van der Waals surface area (Å²) in [7, 11) is 0. The second-order valence-electron chi connectivity index (χ2n) is 4.21. The Morgan fingerprint density at radius 2 is 2.47 bits per heavy atom. The molecule has 1 aliphatic rings. The number of rotatable bonds is 4. The van der Waals surface area contributed by atoms with E-state index in [1.54, 1.807) is 0 Å². The molecule has 0 bridgehead atoms. The van der Waals surface area contributed by atoms with E-state index in [4.69, 9.17) is 15.0 Å². The lowest BCUT2D eigenvalue weighted by Crippen LogP contribution is -2.25. The van der Waals surface area contributed by atoms with E-state index in [9.17, 15) is 0 Å². The van der Waals surface area contributed by atoms with Crippen LogP contribution in [0.5, 0.6) is 0 Å². The molecule has 0 aliphatic heterocycles. The van der Waals surface area contributed by atoms with Crippen LogP contribution in [0.25, 0.3) is 0 Å². The zero-order valence-corrected chi connectivity index (χ0v) is 9.11. The topological polar surface area (TPSA) is 61.3 Å². The Balaban J connectivity index is 1.82. The van der Waals surface area contributed by atoms with Gasteiger partial charge in [-0.15, -0.1) is 0 Å². The van der Waals surface area contributed by atoms with E-state index in [0.717, 1.165) is 24.4 Å². The van der Waals surface area contributed by atoms with Crippen LogP contribution in [0.1, 0.15) is 30.7 Å². The third kappa shape index (κ3) is 2.58. The van der Waals surface area contributed by atoms with E-state index < -0.39 is 0 Å². The molecule has 1 aromatic rings. The van der Waals surface area contributed by atoms with Crippen LogP contribution in [0.15, 0.2) is 10.6 Å². The third-order valence-corrected chi connectivity index (χ3v) is 3.01. The molecule has 1 heterocycles. The van der Waals surface area contributed by atoms with Gasteiger partial charge in [-0.25, -0.2) is 0 Å². The Labute approximate surface area is 89.8 Å². The predicted octanol–water partition coefficient (Wildman–Crippen LogP) is 1.63. The van der Waals surface area contributed by atoms with Gasteiger partial charge in [0.05, 0.1) is 11.8 Å². The maximum absolute atomic E-state index is 5.79. The van der Waals surface area contributed by atoms with Gasteiger partial charge in [-0.2, -0.15) is 0 Å². The van der Waals surface area contributed by atoms with Gasteiger partial charge >= 0.3 is 0 Å². The number of ether oxygens (including phenoxy) is 1. The molecular weight excluding hydrogens is 192 g/mol. The van der Waals surface area contributed by atoms with Gasteiger partial charge < -0.3 is 15.0 Å². The van der Waals surface area contributed by atoms with Crippen LogP contribution in [-0.2, 0) is 11.3 Å². The van der Waals surface area contributed by atoms with Crippen LogP contribution in [-0.4, -0.2) is 17.8 Å². The summed E-state index contributed by atoms with van der Waals surface area (Å²) in [5, 5.41) is 3.82. The number of aryl methyl sites for hydroxylation is 1. The molecule has 2 rings (SSSR count). The Morgan fingerprint density at radius 1 is 1.60 bits per heavy atom. The van der Waals surface area contributed by atoms with E-state index in [-0.39, 0.29) is 0 Å². The minimum absolute atomic E-state index is 0.306. The van der Waals surface area contributed by atoms with E-state index in [1.165, 1.54) is 12.8 Å². The molecule has 1 fully saturated rings. The van der Waals surface area contributed by atoms with Gasteiger partial charge in [-0.05, 0) is 32.2 Å². The van der Waals surface area contributed by atoms with Gasteiger partial charge in [0, 0.05) is 6.07 Å². The minimum Gasteiger partial charge on any atom is -0.370 e. The fraction of sp³-hybridized carbons (Fsp3) is 0.727. The normalized spacial score (nSPS) is 26.0. The molecule has 0 aromatic carbocycles. The molecule has 2 atom stereocenters. The highest BCUT2D eigenvalue weighted by atomic mass is 16.5. The molecule has 84 valence electrons. The number of nitrogens with zero attached hydrogens (tertiary/aromatic N) is 1. The monoisotopic (exact) mass is 210 g/mol. The lowest BCUT2D eigenvalue weighted by atomic mass is 10.1. The highest BCUT2D eigenvalue weighted by Gasteiger charge is 2.26. The minimum atomic E-state index is 0.306. The van der Waals surface area contributed by atoms with Crippen LogP contribution >= 0.6 is 0 Å². The summed E-state index contributed by atoms with van der Waals surface area (Å²) in [4.78, 5) is 0. The molecule has 4 nitrogen and oxygen atoms in total. The number of hydrogen-bond acceptors (Lipinski definition) is 4. The standard InChI is InChI=1S/C11H18N2O2/c1-8-5-10(15-13-8)7-14-11-4-2-3-9(11)6-12/h5,9,11H,2-4,6-7,12H2,1H3. The van der Waals surface area contributed by atoms with Crippen LogP contribution in [0.2, 0.25) is 0 Å². The van der Waals surface area contributed by atoms with Gasteiger partial charge in [-0.1, -0.05) is 11.6 Å². The third-order valence-electron chi connectivity index (χ3n) is 3.01. The molecule has 1 saturated carbocycles. The van der Waals surface area contributed by atoms with Crippen molar-refractivity contribution in [2.24, 2.45) is 11.7 Å². The summed E-state index contributed by atoms with van der Waals surface area (Å²) >= 11 is 0. The van der Waals surface area contributed by atoms with Gasteiger partial charge in [0.25, 0.3) is 0 Å². The summed E-state index contributed by atoms with van der Waals surface area (Å²) in [6.45, 7) is 3.15. The zero-order chi connectivity index (χ0) is 10.7. The summed E-state index contributed by atoms with van der Waals surface area (Å²) in [6, 6.07) is 1.91. The van der Waals surface area contributed by atoms with E-state index in [2.05, 4.69) is 5.16 Å². The van der Waals surface area contributed by atoms with Gasteiger partial charge in [-0.3, -0.25) is 0 Å². The zero-order valence-electron chi connectivity index (χ0n) is 9.11. The van der Waals surface area contributed by atoms with Crippen molar-refractivity contribution >= 4 is 0 Å². The lowest BCUT2D eigenvalue weighted by molar-refractivity contribution is 0.00778. The molecule has 0 amide bonds.